The zero-order valence-corrected chi connectivity index (χ0v) is 13.2. The van der Waals surface area contributed by atoms with Crippen molar-refractivity contribution in [3.8, 4) is 0 Å². The summed E-state index contributed by atoms with van der Waals surface area (Å²) in [7, 11) is 0. The van der Waals surface area contributed by atoms with Gasteiger partial charge in [0, 0.05) is 18.8 Å². The minimum absolute atomic E-state index is 0.169. The molecule has 2 heteroatoms. The van der Waals surface area contributed by atoms with Crippen molar-refractivity contribution < 1.29 is 0 Å². The molecule has 1 aliphatic carbocycles. The normalized spacial score (nSPS) is 32.2. The molecule has 0 spiro atoms. The van der Waals surface area contributed by atoms with Crippen LogP contribution in [-0.2, 0) is 6.42 Å². The molecule has 2 N–H and O–H groups in total. The molecule has 110 valence electrons. The highest BCUT2D eigenvalue weighted by atomic mass is 15.2. The molecule has 1 saturated carbocycles. The Kier molecular flexibility index (Phi) is 3.32. The van der Waals surface area contributed by atoms with Crippen molar-refractivity contribution in [2.75, 3.05) is 18.0 Å². The van der Waals surface area contributed by atoms with E-state index in [0.717, 1.165) is 13.1 Å². The Morgan fingerprint density at radius 3 is 2.70 bits per heavy atom. The van der Waals surface area contributed by atoms with Gasteiger partial charge in [-0.25, -0.2) is 0 Å². The molecule has 2 aliphatic rings. The molecule has 0 radical (unpaired) electrons. The molecule has 3 rings (SSSR count). The molecular formula is C18H28N2. The molecule has 1 heterocycles. The van der Waals surface area contributed by atoms with Gasteiger partial charge in [-0.15, -0.1) is 0 Å². The first-order valence-corrected chi connectivity index (χ1v) is 8.04. The van der Waals surface area contributed by atoms with E-state index < -0.39 is 0 Å². The zero-order chi connectivity index (χ0) is 14.4. The van der Waals surface area contributed by atoms with E-state index in [1.807, 2.05) is 0 Å². The first-order valence-electron chi connectivity index (χ1n) is 8.04. The molecular weight excluding hydrogens is 244 g/mol. The van der Waals surface area contributed by atoms with Crippen molar-refractivity contribution in [1.29, 1.82) is 0 Å². The summed E-state index contributed by atoms with van der Waals surface area (Å²) in [5.41, 5.74) is 9.88. The number of fused-ring (bicyclic) bond motifs is 1. The van der Waals surface area contributed by atoms with Crippen molar-refractivity contribution in [1.82, 2.24) is 0 Å². The number of nitrogens with two attached hydrogens (primary N) is 1. The second kappa shape index (κ2) is 4.77. The predicted molar refractivity (Wildman–Crippen MR) is 86.1 cm³/mol. The number of hydrogen-bond acceptors (Lipinski definition) is 2. The SMILES string of the molecule is CC1CC(C)(C)CCC1(CN)N1CCc2ccccc21. The smallest absolute Gasteiger partial charge is 0.0550 e. The van der Waals surface area contributed by atoms with Crippen LogP contribution >= 0.6 is 0 Å². The molecule has 1 aromatic carbocycles. The molecule has 0 amide bonds. The zero-order valence-electron chi connectivity index (χ0n) is 13.2. The average molecular weight is 272 g/mol. The second-order valence-electron chi connectivity index (χ2n) is 7.61. The summed E-state index contributed by atoms with van der Waals surface area (Å²) in [6.45, 7) is 9.14. The van der Waals surface area contributed by atoms with Crippen molar-refractivity contribution in [2.24, 2.45) is 17.1 Å². The third kappa shape index (κ3) is 2.05. The van der Waals surface area contributed by atoms with Gasteiger partial charge >= 0.3 is 0 Å². The van der Waals surface area contributed by atoms with Gasteiger partial charge in [0.1, 0.15) is 0 Å². The quantitative estimate of drug-likeness (QED) is 0.891. The van der Waals surface area contributed by atoms with Crippen LogP contribution in [0.2, 0.25) is 0 Å². The highest BCUT2D eigenvalue weighted by Crippen LogP contribution is 2.49. The van der Waals surface area contributed by atoms with Crippen LogP contribution in [0.25, 0.3) is 0 Å². The molecule has 2 atom stereocenters. The van der Waals surface area contributed by atoms with E-state index in [9.17, 15) is 0 Å². The monoisotopic (exact) mass is 272 g/mol. The summed E-state index contributed by atoms with van der Waals surface area (Å²) < 4.78 is 0. The number of para-hydroxylation sites is 1. The van der Waals surface area contributed by atoms with E-state index in [1.54, 1.807) is 0 Å². The average Bonchev–Trinajstić information content (AvgIpc) is 2.83. The van der Waals surface area contributed by atoms with Crippen LogP contribution in [0.3, 0.4) is 0 Å². The van der Waals surface area contributed by atoms with E-state index >= 15 is 0 Å². The molecule has 0 bridgehead atoms. The Bertz CT molecular complexity index is 494. The standard InChI is InChI=1S/C18H28N2/c1-14-12-17(2,3)9-10-18(14,13-19)20-11-8-15-6-4-5-7-16(15)20/h4-7,14H,8-13,19H2,1-3H3. The molecule has 0 aromatic heterocycles. The lowest BCUT2D eigenvalue weighted by Gasteiger charge is -2.53. The summed E-state index contributed by atoms with van der Waals surface area (Å²) in [6.07, 6.45) is 4.97. The number of nitrogens with zero attached hydrogens (tertiary/aromatic N) is 1. The third-order valence-electron chi connectivity index (χ3n) is 5.79. The molecule has 0 saturated heterocycles. The first kappa shape index (κ1) is 13.9. The van der Waals surface area contributed by atoms with Gasteiger partial charge in [-0.1, -0.05) is 39.0 Å². The summed E-state index contributed by atoms with van der Waals surface area (Å²) >= 11 is 0. The van der Waals surface area contributed by atoms with Gasteiger partial charge in [0.25, 0.3) is 0 Å². The van der Waals surface area contributed by atoms with Crippen molar-refractivity contribution in [3.63, 3.8) is 0 Å². The van der Waals surface area contributed by atoms with Gasteiger partial charge in [-0.2, -0.15) is 0 Å². The van der Waals surface area contributed by atoms with Crippen LogP contribution in [0.5, 0.6) is 0 Å². The molecule has 20 heavy (non-hydrogen) atoms. The van der Waals surface area contributed by atoms with Crippen LogP contribution in [0.4, 0.5) is 5.69 Å². The highest BCUT2D eigenvalue weighted by molar-refractivity contribution is 5.60. The van der Waals surface area contributed by atoms with Gasteiger partial charge in [-0.3, -0.25) is 0 Å². The lowest BCUT2D eigenvalue weighted by Crippen LogP contribution is -2.60. The Hall–Kier alpha value is -1.02. The summed E-state index contributed by atoms with van der Waals surface area (Å²) in [4.78, 5) is 2.64. The van der Waals surface area contributed by atoms with Crippen LogP contribution in [0.15, 0.2) is 24.3 Å². The fourth-order valence-corrected chi connectivity index (χ4v) is 4.54. The largest absolute Gasteiger partial charge is 0.364 e. The Morgan fingerprint density at radius 2 is 2.00 bits per heavy atom. The lowest BCUT2D eigenvalue weighted by atomic mass is 9.63. The van der Waals surface area contributed by atoms with E-state index in [0.29, 0.717) is 11.3 Å². The van der Waals surface area contributed by atoms with Gasteiger partial charge in [0.05, 0.1) is 5.54 Å². The maximum Gasteiger partial charge on any atom is 0.0550 e. The fraction of sp³-hybridized carbons (Fsp3) is 0.667. The Balaban J connectivity index is 1.95. The van der Waals surface area contributed by atoms with Crippen molar-refractivity contribution in [3.05, 3.63) is 29.8 Å². The van der Waals surface area contributed by atoms with E-state index in [4.69, 9.17) is 5.73 Å². The minimum Gasteiger partial charge on any atom is -0.364 e. The first-order chi connectivity index (χ1) is 9.48. The third-order valence-corrected chi connectivity index (χ3v) is 5.79. The number of rotatable bonds is 2. The summed E-state index contributed by atoms with van der Waals surface area (Å²) in [5, 5.41) is 0. The van der Waals surface area contributed by atoms with Crippen LogP contribution in [0, 0.1) is 11.3 Å². The van der Waals surface area contributed by atoms with E-state index in [2.05, 4.69) is 49.9 Å². The Labute approximate surface area is 123 Å². The van der Waals surface area contributed by atoms with Crippen LogP contribution < -0.4 is 10.6 Å². The molecule has 2 unspecified atom stereocenters. The molecule has 1 fully saturated rings. The molecule has 1 aromatic rings. The highest BCUT2D eigenvalue weighted by Gasteiger charge is 2.48. The maximum atomic E-state index is 6.31. The number of hydrogen-bond donors (Lipinski definition) is 1. The summed E-state index contributed by atoms with van der Waals surface area (Å²) in [6, 6.07) is 8.88. The molecule has 2 nitrogen and oxygen atoms in total. The fourth-order valence-electron chi connectivity index (χ4n) is 4.54. The van der Waals surface area contributed by atoms with Crippen molar-refractivity contribution in [2.45, 2.75) is 52.0 Å². The summed E-state index contributed by atoms with van der Waals surface area (Å²) in [5.74, 6) is 0.655. The predicted octanol–water partition coefficient (Wildman–Crippen LogP) is 3.59. The van der Waals surface area contributed by atoms with E-state index in [1.165, 1.54) is 36.9 Å². The number of benzene rings is 1. The second-order valence-corrected chi connectivity index (χ2v) is 7.61. The minimum atomic E-state index is 0.169. The van der Waals surface area contributed by atoms with Crippen LogP contribution in [0.1, 0.15) is 45.6 Å². The van der Waals surface area contributed by atoms with Crippen molar-refractivity contribution >= 4 is 5.69 Å². The Morgan fingerprint density at radius 1 is 1.25 bits per heavy atom. The maximum absolute atomic E-state index is 6.31. The topological polar surface area (TPSA) is 29.3 Å². The molecule has 1 aliphatic heterocycles. The van der Waals surface area contributed by atoms with Gasteiger partial charge in [0.2, 0.25) is 0 Å². The van der Waals surface area contributed by atoms with Gasteiger partial charge in [0.15, 0.2) is 0 Å². The van der Waals surface area contributed by atoms with Gasteiger partial charge in [-0.05, 0) is 48.6 Å². The van der Waals surface area contributed by atoms with Crippen LogP contribution in [-0.4, -0.2) is 18.6 Å². The lowest BCUT2D eigenvalue weighted by molar-refractivity contribution is 0.101. The van der Waals surface area contributed by atoms with Gasteiger partial charge < -0.3 is 10.6 Å². The number of anilines is 1. The van der Waals surface area contributed by atoms with E-state index in [-0.39, 0.29) is 5.54 Å².